The number of ketones is 1. The summed E-state index contributed by atoms with van der Waals surface area (Å²) in [5, 5.41) is 0. The molecule has 0 aromatic heterocycles. The Hall–Kier alpha value is -1.35. The van der Waals surface area contributed by atoms with E-state index in [1.165, 1.54) is 0 Å². The monoisotopic (exact) mass is 220 g/mol. The van der Waals surface area contributed by atoms with Crippen LogP contribution in [0.25, 0.3) is 0 Å². The maximum atomic E-state index is 11.1. The summed E-state index contributed by atoms with van der Waals surface area (Å²) in [6, 6.07) is 7.82. The molecular formula is C13H16O3. The summed E-state index contributed by atoms with van der Waals surface area (Å²) in [7, 11) is 1.67. The lowest BCUT2D eigenvalue weighted by Crippen LogP contribution is -2.12. The first kappa shape index (κ1) is 11.1. The fourth-order valence-electron chi connectivity index (χ4n) is 1.95. The Morgan fingerprint density at radius 3 is 3.00 bits per heavy atom. The van der Waals surface area contributed by atoms with Crippen LogP contribution >= 0.6 is 0 Å². The predicted molar refractivity (Wildman–Crippen MR) is 60.4 cm³/mol. The molecule has 2 rings (SSSR count). The van der Waals surface area contributed by atoms with Crippen LogP contribution in [0.2, 0.25) is 0 Å². The minimum Gasteiger partial charge on any atom is -0.490 e. The molecule has 1 aliphatic rings. The van der Waals surface area contributed by atoms with Crippen molar-refractivity contribution in [2.75, 3.05) is 7.11 Å². The van der Waals surface area contributed by atoms with E-state index in [1.54, 1.807) is 7.11 Å². The second-order valence-corrected chi connectivity index (χ2v) is 4.10. The molecular weight excluding hydrogens is 204 g/mol. The summed E-state index contributed by atoms with van der Waals surface area (Å²) in [6.07, 6.45) is 2.11. The van der Waals surface area contributed by atoms with Crippen LogP contribution in [0.4, 0.5) is 0 Å². The van der Waals surface area contributed by atoms with Gasteiger partial charge in [0.05, 0.1) is 6.61 Å². The van der Waals surface area contributed by atoms with Gasteiger partial charge in [-0.1, -0.05) is 12.1 Å². The number of benzene rings is 1. The van der Waals surface area contributed by atoms with Crippen LogP contribution in [0.3, 0.4) is 0 Å². The number of rotatable bonds is 4. The minimum absolute atomic E-state index is 0.0605. The predicted octanol–water partition coefficient (Wildman–Crippen LogP) is 2.33. The van der Waals surface area contributed by atoms with Crippen LogP contribution in [-0.4, -0.2) is 19.0 Å². The Balaban J connectivity index is 1.98. The van der Waals surface area contributed by atoms with E-state index in [0.717, 1.165) is 17.7 Å². The van der Waals surface area contributed by atoms with Crippen LogP contribution < -0.4 is 4.74 Å². The first-order valence-corrected chi connectivity index (χ1v) is 5.54. The van der Waals surface area contributed by atoms with Gasteiger partial charge in [0.25, 0.3) is 0 Å². The molecule has 1 saturated carbocycles. The van der Waals surface area contributed by atoms with Gasteiger partial charge in [-0.2, -0.15) is 0 Å². The second kappa shape index (κ2) is 5.12. The van der Waals surface area contributed by atoms with Gasteiger partial charge in [0.2, 0.25) is 0 Å². The van der Waals surface area contributed by atoms with Gasteiger partial charge in [-0.15, -0.1) is 0 Å². The van der Waals surface area contributed by atoms with Gasteiger partial charge in [-0.25, -0.2) is 0 Å². The standard InChI is InChI=1S/C13H16O3/c1-15-9-10-3-2-4-12(7-10)16-13-6-5-11(14)8-13/h2-4,7,13H,5-6,8-9H2,1H3. The molecule has 0 bridgehead atoms. The quantitative estimate of drug-likeness (QED) is 0.781. The molecule has 0 saturated heterocycles. The maximum Gasteiger partial charge on any atom is 0.136 e. The van der Waals surface area contributed by atoms with Gasteiger partial charge in [0, 0.05) is 20.0 Å². The van der Waals surface area contributed by atoms with Crippen LogP contribution in [0.5, 0.6) is 5.75 Å². The lowest BCUT2D eigenvalue weighted by molar-refractivity contribution is -0.117. The third-order valence-corrected chi connectivity index (χ3v) is 2.71. The van der Waals surface area contributed by atoms with Gasteiger partial charge >= 0.3 is 0 Å². The van der Waals surface area contributed by atoms with Crippen LogP contribution in [0, 0.1) is 0 Å². The van der Waals surface area contributed by atoms with Crippen molar-refractivity contribution < 1.29 is 14.3 Å². The smallest absolute Gasteiger partial charge is 0.136 e. The van der Waals surface area contributed by atoms with E-state index in [0.29, 0.717) is 25.2 Å². The third kappa shape index (κ3) is 2.83. The number of hydrogen-bond donors (Lipinski definition) is 0. The lowest BCUT2D eigenvalue weighted by Gasteiger charge is -2.13. The largest absolute Gasteiger partial charge is 0.490 e. The van der Waals surface area contributed by atoms with Crippen molar-refractivity contribution in [3.63, 3.8) is 0 Å². The van der Waals surface area contributed by atoms with Crippen molar-refractivity contribution in [1.82, 2.24) is 0 Å². The zero-order valence-electron chi connectivity index (χ0n) is 9.44. The zero-order chi connectivity index (χ0) is 11.4. The molecule has 1 fully saturated rings. The normalized spacial score (nSPS) is 20.1. The topological polar surface area (TPSA) is 35.5 Å². The van der Waals surface area contributed by atoms with E-state index in [9.17, 15) is 4.79 Å². The number of carbonyl (C=O) groups is 1. The Morgan fingerprint density at radius 1 is 1.44 bits per heavy atom. The average molecular weight is 220 g/mol. The summed E-state index contributed by atoms with van der Waals surface area (Å²) in [5.74, 6) is 1.13. The Morgan fingerprint density at radius 2 is 2.31 bits per heavy atom. The summed E-state index contributed by atoms with van der Waals surface area (Å²) < 4.78 is 10.8. The van der Waals surface area contributed by atoms with Gasteiger partial charge < -0.3 is 9.47 Å². The molecule has 1 aliphatic carbocycles. The Labute approximate surface area is 95.4 Å². The molecule has 1 aromatic rings. The minimum atomic E-state index is 0.0605. The molecule has 3 nitrogen and oxygen atoms in total. The number of carbonyl (C=O) groups excluding carboxylic acids is 1. The van der Waals surface area contributed by atoms with Crippen LogP contribution in [0.1, 0.15) is 24.8 Å². The Bertz CT molecular complexity index is 373. The highest BCUT2D eigenvalue weighted by Gasteiger charge is 2.23. The highest BCUT2D eigenvalue weighted by atomic mass is 16.5. The zero-order valence-corrected chi connectivity index (χ0v) is 9.44. The van der Waals surface area contributed by atoms with E-state index in [1.807, 2.05) is 24.3 Å². The highest BCUT2D eigenvalue weighted by molar-refractivity contribution is 5.81. The molecule has 0 amide bonds. The van der Waals surface area contributed by atoms with E-state index in [-0.39, 0.29) is 6.10 Å². The summed E-state index contributed by atoms with van der Waals surface area (Å²) >= 11 is 0. The first-order chi connectivity index (χ1) is 7.78. The van der Waals surface area contributed by atoms with E-state index in [2.05, 4.69) is 0 Å². The molecule has 1 atom stereocenters. The maximum absolute atomic E-state index is 11.1. The lowest BCUT2D eigenvalue weighted by atomic mass is 10.2. The third-order valence-electron chi connectivity index (χ3n) is 2.71. The molecule has 0 heterocycles. The van der Waals surface area contributed by atoms with Gasteiger partial charge in [-0.05, 0) is 24.1 Å². The number of ether oxygens (including phenoxy) is 2. The van der Waals surface area contributed by atoms with Gasteiger partial charge in [0.15, 0.2) is 0 Å². The molecule has 1 unspecified atom stereocenters. The van der Waals surface area contributed by atoms with E-state index >= 15 is 0 Å². The summed E-state index contributed by atoms with van der Waals surface area (Å²) in [5.41, 5.74) is 1.09. The molecule has 0 radical (unpaired) electrons. The van der Waals surface area contributed by atoms with Crippen molar-refractivity contribution >= 4 is 5.78 Å². The van der Waals surface area contributed by atoms with Gasteiger partial charge in [0.1, 0.15) is 17.6 Å². The average Bonchev–Trinajstić information content (AvgIpc) is 2.65. The van der Waals surface area contributed by atoms with Crippen LogP contribution in [0.15, 0.2) is 24.3 Å². The molecule has 0 aliphatic heterocycles. The van der Waals surface area contributed by atoms with Crippen molar-refractivity contribution in [2.45, 2.75) is 32.0 Å². The molecule has 0 N–H and O–H groups in total. The van der Waals surface area contributed by atoms with Crippen LogP contribution in [-0.2, 0) is 16.1 Å². The first-order valence-electron chi connectivity index (χ1n) is 5.54. The molecule has 1 aromatic carbocycles. The molecule has 0 spiro atoms. The SMILES string of the molecule is COCc1cccc(OC2CCC(=O)C2)c1. The fraction of sp³-hybridized carbons (Fsp3) is 0.462. The molecule has 16 heavy (non-hydrogen) atoms. The van der Waals surface area contributed by atoms with E-state index in [4.69, 9.17) is 9.47 Å². The molecule has 86 valence electrons. The number of methoxy groups -OCH3 is 1. The second-order valence-electron chi connectivity index (χ2n) is 4.10. The van der Waals surface area contributed by atoms with Crippen molar-refractivity contribution in [1.29, 1.82) is 0 Å². The van der Waals surface area contributed by atoms with Crippen molar-refractivity contribution in [3.05, 3.63) is 29.8 Å². The van der Waals surface area contributed by atoms with E-state index < -0.39 is 0 Å². The number of Topliss-reactive ketones (excluding diaryl/α,β-unsaturated/α-hetero) is 1. The fourth-order valence-corrected chi connectivity index (χ4v) is 1.95. The summed E-state index contributed by atoms with van der Waals surface area (Å²) in [4.78, 5) is 11.1. The van der Waals surface area contributed by atoms with Crippen molar-refractivity contribution in [2.24, 2.45) is 0 Å². The highest BCUT2D eigenvalue weighted by Crippen LogP contribution is 2.22. The van der Waals surface area contributed by atoms with Crippen molar-refractivity contribution in [3.8, 4) is 5.75 Å². The molecule has 3 heteroatoms. The van der Waals surface area contributed by atoms with Gasteiger partial charge in [-0.3, -0.25) is 4.79 Å². The number of hydrogen-bond acceptors (Lipinski definition) is 3. The Kier molecular flexibility index (Phi) is 3.57. The summed E-state index contributed by atoms with van der Waals surface area (Å²) in [6.45, 7) is 0.584.